The van der Waals surface area contributed by atoms with Crippen LogP contribution in [-0.2, 0) is 4.79 Å². The molecule has 1 aliphatic rings. The van der Waals surface area contributed by atoms with Crippen LogP contribution in [0.15, 0.2) is 42.6 Å². The van der Waals surface area contributed by atoms with Gasteiger partial charge in [0.25, 0.3) is 0 Å². The van der Waals surface area contributed by atoms with E-state index in [1.54, 1.807) is 25.3 Å². The van der Waals surface area contributed by atoms with Crippen LogP contribution in [0, 0.1) is 11.8 Å². The first-order chi connectivity index (χ1) is 10.1. The topological polar surface area (TPSA) is 46.6 Å². The number of para-hydroxylation sites is 1. The zero-order chi connectivity index (χ0) is 15.2. The SMILES string of the molecule is CCCC1C=CN(C(=O)Oc2ccccc2)CC1C(C)=O. The van der Waals surface area contributed by atoms with E-state index in [0.29, 0.717) is 12.3 Å². The molecule has 1 amide bonds. The summed E-state index contributed by atoms with van der Waals surface area (Å²) in [6, 6.07) is 8.94. The molecule has 2 rings (SSSR count). The molecule has 2 atom stereocenters. The summed E-state index contributed by atoms with van der Waals surface area (Å²) in [5, 5.41) is 0. The molecular weight excluding hydrogens is 266 g/mol. The van der Waals surface area contributed by atoms with Gasteiger partial charge in [0, 0.05) is 18.7 Å². The minimum atomic E-state index is -0.446. The van der Waals surface area contributed by atoms with Crippen molar-refractivity contribution in [1.82, 2.24) is 4.90 Å². The second-order valence-corrected chi connectivity index (χ2v) is 5.34. The zero-order valence-electron chi connectivity index (χ0n) is 12.5. The summed E-state index contributed by atoms with van der Waals surface area (Å²) in [5.74, 6) is 0.702. The predicted octanol–water partition coefficient (Wildman–Crippen LogP) is 3.64. The third-order valence-electron chi connectivity index (χ3n) is 3.75. The van der Waals surface area contributed by atoms with E-state index in [1.165, 1.54) is 4.90 Å². The molecule has 0 spiro atoms. The van der Waals surface area contributed by atoms with Crippen LogP contribution < -0.4 is 4.74 Å². The second kappa shape index (κ2) is 7.07. The molecule has 0 saturated heterocycles. The third kappa shape index (κ3) is 3.94. The molecule has 0 bridgehead atoms. The van der Waals surface area contributed by atoms with E-state index in [2.05, 4.69) is 6.92 Å². The lowest BCUT2D eigenvalue weighted by Crippen LogP contribution is -2.41. The number of ether oxygens (including phenoxy) is 1. The van der Waals surface area contributed by atoms with Gasteiger partial charge in [-0.05, 0) is 31.4 Å². The van der Waals surface area contributed by atoms with Crippen LogP contribution >= 0.6 is 0 Å². The van der Waals surface area contributed by atoms with Crippen molar-refractivity contribution in [2.45, 2.75) is 26.7 Å². The minimum Gasteiger partial charge on any atom is -0.410 e. The lowest BCUT2D eigenvalue weighted by atomic mass is 9.83. The molecule has 0 N–H and O–H groups in total. The molecule has 112 valence electrons. The summed E-state index contributed by atoms with van der Waals surface area (Å²) < 4.78 is 5.30. The molecular formula is C17H21NO3. The fraction of sp³-hybridized carbons (Fsp3) is 0.412. The molecule has 4 heteroatoms. The zero-order valence-corrected chi connectivity index (χ0v) is 12.5. The number of hydrogen-bond acceptors (Lipinski definition) is 3. The van der Waals surface area contributed by atoms with Crippen molar-refractivity contribution >= 4 is 11.9 Å². The highest BCUT2D eigenvalue weighted by molar-refractivity contribution is 5.81. The molecule has 1 heterocycles. The van der Waals surface area contributed by atoms with E-state index in [0.717, 1.165) is 12.8 Å². The Morgan fingerprint density at radius 3 is 2.62 bits per heavy atom. The average Bonchev–Trinajstić information content (AvgIpc) is 2.48. The van der Waals surface area contributed by atoms with E-state index < -0.39 is 6.09 Å². The van der Waals surface area contributed by atoms with Crippen molar-refractivity contribution in [3.05, 3.63) is 42.6 Å². The van der Waals surface area contributed by atoms with Crippen LogP contribution in [0.2, 0.25) is 0 Å². The maximum Gasteiger partial charge on any atom is 0.419 e. The lowest BCUT2D eigenvalue weighted by molar-refractivity contribution is -0.122. The largest absolute Gasteiger partial charge is 0.419 e. The summed E-state index contributed by atoms with van der Waals surface area (Å²) in [4.78, 5) is 25.4. The number of rotatable bonds is 4. The number of benzene rings is 1. The van der Waals surface area contributed by atoms with Crippen LogP contribution in [0.3, 0.4) is 0 Å². The Morgan fingerprint density at radius 2 is 2.00 bits per heavy atom. The first-order valence-corrected chi connectivity index (χ1v) is 7.34. The second-order valence-electron chi connectivity index (χ2n) is 5.34. The normalized spacial score (nSPS) is 21.1. The standard InChI is InChI=1S/C17H21NO3/c1-3-7-14-10-11-18(12-16(14)13(2)19)17(20)21-15-8-5-4-6-9-15/h4-6,8-11,14,16H,3,7,12H2,1-2H3. The first-order valence-electron chi connectivity index (χ1n) is 7.34. The molecule has 4 nitrogen and oxygen atoms in total. The molecule has 1 aromatic rings. The van der Waals surface area contributed by atoms with Gasteiger partial charge in [0.2, 0.25) is 0 Å². The maximum absolute atomic E-state index is 12.1. The number of allylic oxidation sites excluding steroid dienone is 1. The summed E-state index contributed by atoms with van der Waals surface area (Å²) in [5.41, 5.74) is 0. The molecule has 0 aromatic heterocycles. The molecule has 1 aliphatic heterocycles. The van der Waals surface area contributed by atoms with Gasteiger partial charge in [-0.15, -0.1) is 0 Å². The van der Waals surface area contributed by atoms with Gasteiger partial charge >= 0.3 is 6.09 Å². The molecule has 0 radical (unpaired) electrons. The molecule has 0 saturated carbocycles. The highest BCUT2D eigenvalue weighted by Gasteiger charge is 2.31. The van der Waals surface area contributed by atoms with Crippen LogP contribution in [-0.4, -0.2) is 23.3 Å². The van der Waals surface area contributed by atoms with Crippen LogP contribution in [0.1, 0.15) is 26.7 Å². The highest BCUT2D eigenvalue weighted by atomic mass is 16.6. The van der Waals surface area contributed by atoms with E-state index in [4.69, 9.17) is 4.74 Å². The van der Waals surface area contributed by atoms with Gasteiger partial charge in [0.05, 0.1) is 0 Å². The Morgan fingerprint density at radius 1 is 1.29 bits per heavy atom. The van der Waals surface area contributed by atoms with Gasteiger partial charge in [-0.25, -0.2) is 4.79 Å². The predicted molar refractivity (Wildman–Crippen MR) is 80.9 cm³/mol. The fourth-order valence-electron chi connectivity index (χ4n) is 2.60. The van der Waals surface area contributed by atoms with Crippen molar-refractivity contribution in [3.8, 4) is 5.75 Å². The third-order valence-corrected chi connectivity index (χ3v) is 3.75. The van der Waals surface area contributed by atoms with Crippen molar-refractivity contribution < 1.29 is 14.3 Å². The Balaban J connectivity index is 2.05. The van der Waals surface area contributed by atoms with Crippen LogP contribution in [0.5, 0.6) is 5.75 Å². The van der Waals surface area contributed by atoms with E-state index in [9.17, 15) is 9.59 Å². The van der Waals surface area contributed by atoms with Gasteiger partial charge in [0.15, 0.2) is 0 Å². The molecule has 21 heavy (non-hydrogen) atoms. The molecule has 1 aromatic carbocycles. The summed E-state index contributed by atoms with van der Waals surface area (Å²) in [6.45, 7) is 4.08. The summed E-state index contributed by atoms with van der Waals surface area (Å²) in [7, 11) is 0. The van der Waals surface area contributed by atoms with Crippen LogP contribution in [0.4, 0.5) is 4.79 Å². The highest BCUT2D eigenvalue weighted by Crippen LogP contribution is 2.26. The van der Waals surface area contributed by atoms with Gasteiger partial charge in [-0.3, -0.25) is 9.69 Å². The Hall–Kier alpha value is -2.10. The van der Waals surface area contributed by atoms with Crippen molar-refractivity contribution in [2.24, 2.45) is 11.8 Å². The van der Waals surface area contributed by atoms with Gasteiger partial charge in [0.1, 0.15) is 11.5 Å². The smallest absolute Gasteiger partial charge is 0.410 e. The molecule has 0 aliphatic carbocycles. The van der Waals surface area contributed by atoms with Gasteiger partial charge in [-0.1, -0.05) is 37.6 Å². The Bertz CT molecular complexity index is 524. The van der Waals surface area contributed by atoms with Gasteiger partial charge < -0.3 is 4.74 Å². The number of ketones is 1. The van der Waals surface area contributed by atoms with Gasteiger partial charge in [-0.2, -0.15) is 0 Å². The summed E-state index contributed by atoms with van der Waals surface area (Å²) >= 11 is 0. The monoisotopic (exact) mass is 287 g/mol. The van der Waals surface area contributed by atoms with Crippen molar-refractivity contribution in [2.75, 3.05) is 6.54 Å². The molecule has 2 unspecified atom stereocenters. The number of carbonyl (C=O) groups excluding carboxylic acids is 2. The maximum atomic E-state index is 12.1. The van der Waals surface area contributed by atoms with Crippen LogP contribution in [0.25, 0.3) is 0 Å². The number of nitrogens with zero attached hydrogens (tertiary/aromatic N) is 1. The lowest BCUT2D eigenvalue weighted by Gasteiger charge is -2.31. The Labute approximate surface area is 125 Å². The fourth-order valence-corrected chi connectivity index (χ4v) is 2.60. The number of carbonyl (C=O) groups is 2. The van der Waals surface area contributed by atoms with Crippen molar-refractivity contribution in [3.63, 3.8) is 0 Å². The number of hydrogen-bond donors (Lipinski definition) is 0. The van der Waals surface area contributed by atoms with Crippen molar-refractivity contribution in [1.29, 1.82) is 0 Å². The Kier molecular flexibility index (Phi) is 5.14. The number of Topliss-reactive ketones (excluding diaryl/α,β-unsaturated/α-hetero) is 1. The van der Waals surface area contributed by atoms with E-state index >= 15 is 0 Å². The minimum absolute atomic E-state index is 0.121. The van der Waals surface area contributed by atoms with E-state index in [1.807, 2.05) is 24.3 Å². The van der Waals surface area contributed by atoms with E-state index in [-0.39, 0.29) is 17.6 Å². The quantitative estimate of drug-likeness (QED) is 0.849. The first kappa shape index (κ1) is 15.3. The number of amides is 1. The summed E-state index contributed by atoms with van der Waals surface area (Å²) in [6.07, 6.45) is 5.23. The average molecular weight is 287 g/mol. The molecule has 0 fully saturated rings.